The third-order valence-electron chi connectivity index (χ3n) is 9.18. The fourth-order valence-electron chi connectivity index (χ4n) is 7.27. The van der Waals surface area contributed by atoms with Gasteiger partial charge in [-0.05, 0) is 78.5 Å². The lowest BCUT2D eigenvalue weighted by Crippen LogP contribution is -2.62. The lowest BCUT2D eigenvalue weighted by Gasteiger charge is -2.63. The van der Waals surface area contributed by atoms with Crippen LogP contribution in [0.3, 0.4) is 0 Å². The molecule has 5 nitrogen and oxygen atoms in total. The van der Waals surface area contributed by atoms with Crippen molar-refractivity contribution in [1.29, 1.82) is 0 Å². The monoisotopic (exact) mass is 434 g/mol. The van der Waals surface area contributed by atoms with Gasteiger partial charge in [-0.25, -0.2) is 0 Å². The third kappa shape index (κ3) is 2.70. The average molecular weight is 435 g/mol. The van der Waals surface area contributed by atoms with Crippen molar-refractivity contribution in [2.75, 3.05) is 32.3 Å². The second-order valence-corrected chi connectivity index (χ2v) is 10.9. The van der Waals surface area contributed by atoms with E-state index in [-0.39, 0.29) is 11.1 Å². The van der Waals surface area contributed by atoms with E-state index in [2.05, 4.69) is 54.1 Å². The van der Waals surface area contributed by atoms with E-state index < -0.39 is 0 Å². The van der Waals surface area contributed by atoms with Crippen molar-refractivity contribution < 1.29 is 14.3 Å². The predicted molar refractivity (Wildman–Crippen MR) is 125 cm³/mol. The number of benzene rings is 2. The first-order valence-electron chi connectivity index (χ1n) is 11.9. The van der Waals surface area contributed by atoms with Gasteiger partial charge in [-0.15, -0.1) is 0 Å². The highest BCUT2D eigenvalue weighted by Gasteiger charge is 2.69. The van der Waals surface area contributed by atoms with E-state index in [1.54, 1.807) is 14.2 Å². The van der Waals surface area contributed by atoms with Crippen LogP contribution >= 0.6 is 0 Å². The van der Waals surface area contributed by atoms with E-state index in [1.807, 2.05) is 18.2 Å². The normalized spacial score (nSPS) is 34.9. The average Bonchev–Trinajstić information content (AvgIpc) is 3.31. The molecule has 170 valence electrons. The van der Waals surface area contributed by atoms with Crippen molar-refractivity contribution in [3.8, 4) is 11.5 Å². The van der Waals surface area contributed by atoms with Crippen LogP contribution in [-0.2, 0) is 10.4 Å². The molecule has 3 aliphatic carbocycles. The Morgan fingerprint density at radius 2 is 1.78 bits per heavy atom. The fraction of sp³-hybridized carbons (Fsp3) is 0.556. The number of methoxy groups -OCH3 is 2. The highest BCUT2D eigenvalue weighted by atomic mass is 16.7. The topological polar surface area (TPSA) is 34.2 Å². The van der Waals surface area contributed by atoms with E-state index in [9.17, 15) is 0 Å². The van der Waals surface area contributed by atoms with Gasteiger partial charge in [0.1, 0.15) is 11.5 Å². The first-order chi connectivity index (χ1) is 15.4. The maximum absolute atomic E-state index is 7.05. The predicted octanol–water partition coefficient (Wildman–Crippen LogP) is 5.21. The Hall–Kier alpha value is -2.24. The molecule has 1 spiro atoms. The zero-order valence-electron chi connectivity index (χ0n) is 19.6. The molecule has 7 rings (SSSR count). The van der Waals surface area contributed by atoms with Gasteiger partial charge < -0.3 is 14.4 Å². The summed E-state index contributed by atoms with van der Waals surface area (Å²) in [7, 11) is 3.46. The maximum atomic E-state index is 7.05. The summed E-state index contributed by atoms with van der Waals surface area (Å²) in [5.41, 5.74) is 2.65. The summed E-state index contributed by atoms with van der Waals surface area (Å²) in [6, 6.07) is 17.0. The van der Waals surface area contributed by atoms with Crippen LogP contribution in [0.4, 0.5) is 5.69 Å². The minimum Gasteiger partial charge on any atom is -0.497 e. The van der Waals surface area contributed by atoms with E-state index >= 15 is 0 Å². The summed E-state index contributed by atoms with van der Waals surface area (Å²) in [6.45, 7) is 6.59. The van der Waals surface area contributed by atoms with E-state index in [0.717, 1.165) is 37.1 Å². The molecule has 0 radical (unpaired) electrons. The molecule has 3 saturated carbocycles. The van der Waals surface area contributed by atoms with Crippen molar-refractivity contribution in [2.45, 2.75) is 50.7 Å². The molecule has 0 N–H and O–H groups in total. The van der Waals surface area contributed by atoms with Gasteiger partial charge in [0.25, 0.3) is 0 Å². The highest BCUT2D eigenvalue weighted by molar-refractivity contribution is 5.52. The molecule has 32 heavy (non-hydrogen) atoms. The Labute approximate surface area is 191 Å². The van der Waals surface area contributed by atoms with Gasteiger partial charge >= 0.3 is 0 Å². The number of nitrogens with zero attached hydrogens (tertiary/aromatic N) is 2. The lowest BCUT2D eigenvalue weighted by molar-refractivity contribution is -0.285. The Bertz CT molecular complexity index is 1020. The van der Waals surface area contributed by atoms with Crippen LogP contribution in [0.25, 0.3) is 0 Å². The molecule has 2 saturated heterocycles. The lowest BCUT2D eigenvalue weighted by atomic mass is 9.43. The Balaban J connectivity index is 1.38. The minimum absolute atomic E-state index is 0.0483. The van der Waals surface area contributed by atoms with Crippen LogP contribution in [-0.4, -0.2) is 38.1 Å². The van der Waals surface area contributed by atoms with Crippen LogP contribution in [0.5, 0.6) is 11.5 Å². The molecule has 2 bridgehead atoms. The molecule has 2 heterocycles. The summed E-state index contributed by atoms with van der Waals surface area (Å²) < 4.78 is 11.0. The molecule has 4 atom stereocenters. The summed E-state index contributed by atoms with van der Waals surface area (Å²) >= 11 is 0. The maximum Gasteiger partial charge on any atom is 0.119 e. The SMILES string of the molecule is COc1ccc(N2CN3O[C@@]4(CC[C@@H]5C[C@@H]4C5(C)C)C[C@]3(c3cccc(OC)c3)C2)cc1. The quantitative estimate of drug-likeness (QED) is 0.660. The van der Waals surface area contributed by atoms with Crippen LogP contribution in [0.1, 0.15) is 45.1 Å². The van der Waals surface area contributed by atoms with Crippen molar-refractivity contribution in [3.63, 3.8) is 0 Å². The summed E-state index contributed by atoms with van der Waals surface area (Å²) in [5.74, 6) is 3.29. The van der Waals surface area contributed by atoms with Gasteiger partial charge in [-0.2, -0.15) is 5.06 Å². The Morgan fingerprint density at radius 1 is 1.00 bits per heavy atom. The zero-order chi connectivity index (χ0) is 22.1. The molecular weight excluding hydrogens is 400 g/mol. The number of hydrogen-bond donors (Lipinski definition) is 0. The molecular formula is C27H34N2O3. The second-order valence-electron chi connectivity index (χ2n) is 10.9. The summed E-state index contributed by atoms with van der Waals surface area (Å²) in [5, 5.41) is 2.31. The largest absolute Gasteiger partial charge is 0.497 e. The molecule has 0 aromatic heterocycles. The van der Waals surface area contributed by atoms with Crippen molar-refractivity contribution in [3.05, 3.63) is 54.1 Å². The minimum atomic E-state index is -0.174. The number of hydroxylamine groups is 2. The molecule has 5 heteroatoms. The van der Waals surface area contributed by atoms with E-state index in [1.165, 1.54) is 30.5 Å². The van der Waals surface area contributed by atoms with Crippen molar-refractivity contribution in [1.82, 2.24) is 5.06 Å². The van der Waals surface area contributed by atoms with E-state index in [0.29, 0.717) is 11.3 Å². The second kappa shape index (κ2) is 6.88. The summed E-state index contributed by atoms with van der Waals surface area (Å²) in [6.07, 6.45) is 4.82. The molecule has 2 aromatic carbocycles. The number of fused-ring (bicyclic) bond motifs is 2. The summed E-state index contributed by atoms with van der Waals surface area (Å²) in [4.78, 5) is 9.49. The van der Waals surface area contributed by atoms with Gasteiger partial charge in [0.15, 0.2) is 0 Å². The fourth-order valence-corrected chi connectivity index (χ4v) is 7.27. The van der Waals surface area contributed by atoms with Gasteiger partial charge in [0, 0.05) is 18.7 Å². The molecule has 5 aliphatic rings. The van der Waals surface area contributed by atoms with Crippen molar-refractivity contribution >= 4 is 5.69 Å². The smallest absolute Gasteiger partial charge is 0.119 e. The highest BCUT2D eigenvalue weighted by Crippen LogP contribution is 2.69. The van der Waals surface area contributed by atoms with Crippen molar-refractivity contribution in [2.24, 2.45) is 17.3 Å². The van der Waals surface area contributed by atoms with E-state index in [4.69, 9.17) is 14.3 Å². The molecule has 0 unspecified atom stereocenters. The van der Waals surface area contributed by atoms with Gasteiger partial charge in [-0.3, -0.25) is 4.84 Å². The first-order valence-corrected chi connectivity index (χ1v) is 11.9. The van der Waals surface area contributed by atoms with Crippen LogP contribution in [0, 0.1) is 17.3 Å². The number of rotatable bonds is 4. The van der Waals surface area contributed by atoms with Crippen LogP contribution < -0.4 is 14.4 Å². The molecule has 5 fully saturated rings. The van der Waals surface area contributed by atoms with Gasteiger partial charge in [0.2, 0.25) is 0 Å². The van der Waals surface area contributed by atoms with Crippen LogP contribution in [0.15, 0.2) is 48.5 Å². The third-order valence-corrected chi connectivity index (χ3v) is 9.18. The zero-order valence-corrected chi connectivity index (χ0v) is 19.6. The van der Waals surface area contributed by atoms with Gasteiger partial charge in [-0.1, -0.05) is 26.0 Å². The standard InChI is InChI=1S/C27H34N2O3/c1-25(2)19-12-13-27(24(25)15-19)16-26(20-6-5-7-23(14-20)31-4)17-28(18-29(26)32-27)21-8-10-22(30-3)11-9-21/h5-11,14,19,24H,12-13,15-18H2,1-4H3/t19-,24-,26-,27+/m1/s1. The first kappa shape index (κ1) is 20.4. The van der Waals surface area contributed by atoms with Crippen LogP contribution in [0.2, 0.25) is 0 Å². The number of ether oxygens (including phenoxy) is 2. The Morgan fingerprint density at radius 3 is 2.47 bits per heavy atom. The Kier molecular flexibility index (Phi) is 4.38. The molecule has 2 aromatic rings. The number of hydrogen-bond acceptors (Lipinski definition) is 5. The molecule has 0 amide bonds. The molecule has 2 aliphatic heterocycles. The van der Waals surface area contributed by atoms with Gasteiger partial charge in [0.05, 0.1) is 32.0 Å². The number of anilines is 1.